The minimum Gasteiger partial charge on any atom is -0.271 e. The standard InChI is InChI=1S/C14H19F3N2/c15-10-7-11(16)14(12(17)8-10)13(19-18)6-9-4-2-1-3-5-9/h7-9,13,19H,1-6,18H2. The van der Waals surface area contributed by atoms with E-state index in [1.54, 1.807) is 0 Å². The molecule has 1 aliphatic rings. The summed E-state index contributed by atoms with van der Waals surface area (Å²) >= 11 is 0. The SMILES string of the molecule is NNC(CC1CCCCC1)c1c(F)cc(F)cc1F. The summed E-state index contributed by atoms with van der Waals surface area (Å²) in [5.74, 6) is 3.17. The second kappa shape index (κ2) is 6.39. The van der Waals surface area contributed by atoms with Crippen LogP contribution in [0.5, 0.6) is 0 Å². The van der Waals surface area contributed by atoms with Gasteiger partial charge in [0, 0.05) is 17.7 Å². The van der Waals surface area contributed by atoms with Crippen molar-refractivity contribution in [2.24, 2.45) is 11.8 Å². The fourth-order valence-corrected chi connectivity index (χ4v) is 2.91. The van der Waals surface area contributed by atoms with Crippen molar-refractivity contribution in [3.8, 4) is 0 Å². The zero-order valence-electron chi connectivity index (χ0n) is 10.8. The quantitative estimate of drug-likeness (QED) is 0.649. The normalized spacial score (nSPS) is 18.5. The number of hydrogen-bond donors (Lipinski definition) is 2. The highest BCUT2D eigenvalue weighted by atomic mass is 19.1. The average Bonchev–Trinajstić information content (AvgIpc) is 2.37. The smallest absolute Gasteiger partial charge is 0.133 e. The number of hydrazine groups is 1. The Balaban J connectivity index is 2.16. The molecule has 1 atom stereocenters. The van der Waals surface area contributed by atoms with Gasteiger partial charge in [-0.15, -0.1) is 0 Å². The third kappa shape index (κ3) is 3.48. The van der Waals surface area contributed by atoms with Gasteiger partial charge in [0.15, 0.2) is 0 Å². The van der Waals surface area contributed by atoms with Gasteiger partial charge in [-0.3, -0.25) is 11.3 Å². The summed E-state index contributed by atoms with van der Waals surface area (Å²) in [4.78, 5) is 0. The van der Waals surface area contributed by atoms with Gasteiger partial charge >= 0.3 is 0 Å². The van der Waals surface area contributed by atoms with Gasteiger partial charge in [0.25, 0.3) is 0 Å². The van der Waals surface area contributed by atoms with E-state index in [0.29, 0.717) is 24.5 Å². The molecule has 106 valence electrons. The van der Waals surface area contributed by atoms with Crippen LogP contribution in [-0.2, 0) is 0 Å². The third-order valence-electron chi connectivity index (χ3n) is 3.89. The molecule has 2 nitrogen and oxygen atoms in total. The van der Waals surface area contributed by atoms with E-state index in [2.05, 4.69) is 5.43 Å². The molecule has 1 fully saturated rings. The Labute approximate surface area is 111 Å². The van der Waals surface area contributed by atoms with Crippen molar-refractivity contribution in [3.05, 3.63) is 35.1 Å². The second-order valence-corrected chi connectivity index (χ2v) is 5.24. The van der Waals surface area contributed by atoms with Crippen molar-refractivity contribution in [2.75, 3.05) is 0 Å². The number of nitrogens with one attached hydrogen (secondary N) is 1. The van der Waals surface area contributed by atoms with E-state index in [1.165, 1.54) is 6.42 Å². The highest BCUT2D eigenvalue weighted by molar-refractivity contribution is 5.24. The lowest BCUT2D eigenvalue weighted by molar-refractivity contribution is 0.294. The van der Waals surface area contributed by atoms with Gasteiger partial charge in [-0.2, -0.15) is 0 Å². The largest absolute Gasteiger partial charge is 0.271 e. The highest BCUT2D eigenvalue weighted by Gasteiger charge is 2.24. The molecule has 0 amide bonds. The fourth-order valence-electron chi connectivity index (χ4n) is 2.91. The molecule has 0 heterocycles. The van der Waals surface area contributed by atoms with Crippen LogP contribution >= 0.6 is 0 Å². The van der Waals surface area contributed by atoms with Gasteiger partial charge in [-0.25, -0.2) is 13.2 Å². The van der Waals surface area contributed by atoms with Crippen LogP contribution in [0, 0.1) is 23.4 Å². The molecule has 0 saturated heterocycles. The monoisotopic (exact) mass is 272 g/mol. The lowest BCUT2D eigenvalue weighted by atomic mass is 9.83. The molecule has 2 rings (SSSR count). The zero-order chi connectivity index (χ0) is 13.8. The van der Waals surface area contributed by atoms with Crippen LogP contribution in [0.25, 0.3) is 0 Å². The first kappa shape index (κ1) is 14.3. The fraction of sp³-hybridized carbons (Fsp3) is 0.571. The van der Waals surface area contributed by atoms with Gasteiger partial charge in [0.1, 0.15) is 17.5 Å². The van der Waals surface area contributed by atoms with Crippen LogP contribution in [0.1, 0.15) is 50.1 Å². The number of halogens is 3. The predicted molar refractivity (Wildman–Crippen MR) is 67.6 cm³/mol. The Morgan fingerprint density at radius 2 is 1.68 bits per heavy atom. The maximum Gasteiger partial charge on any atom is 0.133 e. The Kier molecular flexibility index (Phi) is 4.82. The van der Waals surface area contributed by atoms with Gasteiger partial charge in [0.2, 0.25) is 0 Å². The summed E-state index contributed by atoms with van der Waals surface area (Å²) in [6.45, 7) is 0. The summed E-state index contributed by atoms with van der Waals surface area (Å²) in [6, 6.07) is 0.788. The molecule has 0 bridgehead atoms. The minimum absolute atomic E-state index is 0.158. The van der Waals surface area contributed by atoms with Crippen LogP contribution < -0.4 is 11.3 Å². The highest BCUT2D eigenvalue weighted by Crippen LogP contribution is 2.33. The lowest BCUT2D eigenvalue weighted by Gasteiger charge is -2.26. The van der Waals surface area contributed by atoms with Crippen LogP contribution in [0.3, 0.4) is 0 Å². The Hall–Kier alpha value is -1.07. The summed E-state index contributed by atoms with van der Waals surface area (Å²) < 4.78 is 40.4. The van der Waals surface area contributed by atoms with Crippen molar-refractivity contribution >= 4 is 0 Å². The molecule has 0 radical (unpaired) electrons. The first-order valence-corrected chi connectivity index (χ1v) is 6.72. The number of nitrogens with two attached hydrogens (primary N) is 1. The van der Waals surface area contributed by atoms with E-state index in [1.807, 2.05) is 0 Å². The summed E-state index contributed by atoms with van der Waals surface area (Å²) in [7, 11) is 0. The molecule has 1 saturated carbocycles. The first-order chi connectivity index (χ1) is 9.11. The zero-order valence-corrected chi connectivity index (χ0v) is 10.8. The van der Waals surface area contributed by atoms with Gasteiger partial charge in [-0.05, 0) is 12.3 Å². The Morgan fingerprint density at radius 3 is 2.21 bits per heavy atom. The van der Waals surface area contributed by atoms with E-state index in [-0.39, 0.29) is 5.56 Å². The van der Waals surface area contributed by atoms with Gasteiger partial charge in [-0.1, -0.05) is 32.1 Å². The summed E-state index contributed by atoms with van der Waals surface area (Å²) in [6.07, 6.45) is 6.21. The Morgan fingerprint density at radius 1 is 1.11 bits per heavy atom. The minimum atomic E-state index is -0.910. The van der Waals surface area contributed by atoms with Gasteiger partial charge < -0.3 is 0 Å². The second-order valence-electron chi connectivity index (χ2n) is 5.24. The van der Waals surface area contributed by atoms with E-state index >= 15 is 0 Å². The predicted octanol–water partition coefficient (Wildman–Crippen LogP) is 3.58. The molecule has 1 aromatic rings. The molecular weight excluding hydrogens is 253 g/mol. The van der Waals surface area contributed by atoms with Crippen LogP contribution in [-0.4, -0.2) is 0 Å². The number of hydrogen-bond acceptors (Lipinski definition) is 2. The molecular formula is C14H19F3N2. The van der Waals surface area contributed by atoms with Crippen molar-refractivity contribution < 1.29 is 13.2 Å². The van der Waals surface area contributed by atoms with Crippen LogP contribution in [0.15, 0.2) is 12.1 Å². The van der Waals surface area contributed by atoms with Gasteiger partial charge in [0.05, 0.1) is 6.04 Å². The number of benzene rings is 1. The topological polar surface area (TPSA) is 38.0 Å². The molecule has 1 aliphatic carbocycles. The van der Waals surface area contributed by atoms with Crippen molar-refractivity contribution in [3.63, 3.8) is 0 Å². The molecule has 19 heavy (non-hydrogen) atoms. The van der Waals surface area contributed by atoms with E-state index in [9.17, 15) is 13.2 Å². The van der Waals surface area contributed by atoms with Crippen LogP contribution in [0.4, 0.5) is 13.2 Å². The van der Waals surface area contributed by atoms with Crippen molar-refractivity contribution in [1.29, 1.82) is 0 Å². The first-order valence-electron chi connectivity index (χ1n) is 6.72. The van der Waals surface area contributed by atoms with Crippen molar-refractivity contribution in [1.82, 2.24) is 5.43 Å². The molecule has 0 aromatic heterocycles. The van der Waals surface area contributed by atoms with Crippen molar-refractivity contribution in [2.45, 2.75) is 44.6 Å². The van der Waals surface area contributed by atoms with E-state index in [0.717, 1.165) is 25.7 Å². The maximum absolute atomic E-state index is 13.7. The molecule has 3 N–H and O–H groups in total. The maximum atomic E-state index is 13.7. The lowest BCUT2D eigenvalue weighted by Crippen LogP contribution is -2.31. The average molecular weight is 272 g/mol. The molecule has 0 aliphatic heterocycles. The molecule has 5 heteroatoms. The van der Waals surface area contributed by atoms with E-state index < -0.39 is 23.5 Å². The molecule has 1 unspecified atom stereocenters. The Bertz CT molecular complexity index is 408. The summed E-state index contributed by atoms with van der Waals surface area (Å²) in [5, 5.41) is 0. The van der Waals surface area contributed by atoms with E-state index in [4.69, 9.17) is 5.84 Å². The molecule has 0 spiro atoms. The third-order valence-corrected chi connectivity index (χ3v) is 3.89. The summed E-state index contributed by atoms with van der Waals surface area (Å²) in [5.41, 5.74) is 2.31. The number of rotatable bonds is 4. The van der Waals surface area contributed by atoms with Crippen LogP contribution in [0.2, 0.25) is 0 Å². The molecule has 1 aromatic carbocycles.